The molecule has 0 aromatic carbocycles. The predicted molar refractivity (Wildman–Crippen MR) is 54.8 cm³/mol. The first-order valence-corrected chi connectivity index (χ1v) is 5.14. The number of ether oxygens (including phenoxy) is 1. The summed E-state index contributed by atoms with van der Waals surface area (Å²) < 4.78 is 5.68. The first-order valence-electron chi connectivity index (χ1n) is 4.76. The van der Waals surface area contributed by atoms with Crippen molar-refractivity contribution in [2.75, 3.05) is 13.1 Å². The summed E-state index contributed by atoms with van der Waals surface area (Å²) in [5.74, 6) is 0.654. The van der Waals surface area contributed by atoms with Gasteiger partial charge < -0.3 is 4.74 Å². The van der Waals surface area contributed by atoms with Crippen LogP contribution in [0.3, 0.4) is 0 Å². The van der Waals surface area contributed by atoms with Crippen LogP contribution in [0.1, 0.15) is 12.8 Å². The maximum Gasteiger partial charge on any atom is 0.213 e. The molecule has 2 rings (SSSR count). The van der Waals surface area contributed by atoms with Gasteiger partial charge in [-0.2, -0.15) is 0 Å². The van der Waals surface area contributed by atoms with Crippen molar-refractivity contribution >= 4 is 11.6 Å². The van der Waals surface area contributed by atoms with E-state index in [1.54, 1.807) is 18.3 Å². The molecule has 0 saturated carbocycles. The molecule has 1 aromatic heterocycles. The lowest BCUT2D eigenvalue weighted by atomic mass is 10.1. The fourth-order valence-corrected chi connectivity index (χ4v) is 1.56. The molecular formula is C10H12ClN2O. The quantitative estimate of drug-likeness (QED) is 0.749. The zero-order valence-corrected chi connectivity index (χ0v) is 8.57. The highest BCUT2D eigenvalue weighted by atomic mass is 35.5. The number of piperidine rings is 1. The Balaban J connectivity index is 1.92. The Labute approximate surface area is 88.4 Å². The third-order valence-electron chi connectivity index (χ3n) is 2.21. The van der Waals surface area contributed by atoms with Crippen molar-refractivity contribution in [2.45, 2.75) is 18.9 Å². The minimum Gasteiger partial charge on any atom is -0.474 e. The summed E-state index contributed by atoms with van der Waals surface area (Å²) in [6.07, 6.45) is 3.85. The fraction of sp³-hybridized carbons (Fsp3) is 0.500. The summed E-state index contributed by atoms with van der Waals surface area (Å²) in [7, 11) is 0. The van der Waals surface area contributed by atoms with Gasteiger partial charge in [-0.15, -0.1) is 0 Å². The average Bonchev–Trinajstić information content (AvgIpc) is 2.23. The molecule has 0 spiro atoms. The van der Waals surface area contributed by atoms with Crippen LogP contribution >= 0.6 is 11.6 Å². The number of hydrogen-bond donors (Lipinski definition) is 0. The van der Waals surface area contributed by atoms with Crippen LogP contribution in [0.5, 0.6) is 5.88 Å². The van der Waals surface area contributed by atoms with Gasteiger partial charge in [-0.3, -0.25) is 0 Å². The third-order valence-corrected chi connectivity index (χ3v) is 2.43. The van der Waals surface area contributed by atoms with Crippen molar-refractivity contribution in [3.8, 4) is 5.88 Å². The van der Waals surface area contributed by atoms with E-state index >= 15 is 0 Å². The van der Waals surface area contributed by atoms with E-state index in [0.717, 1.165) is 25.9 Å². The molecule has 1 aliphatic rings. The Kier molecular flexibility index (Phi) is 3.22. The molecular weight excluding hydrogens is 200 g/mol. The minimum absolute atomic E-state index is 0.265. The van der Waals surface area contributed by atoms with Gasteiger partial charge in [0.05, 0.1) is 5.02 Å². The Bertz CT molecular complexity index is 283. The van der Waals surface area contributed by atoms with E-state index < -0.39 is 0 Å². The summed E-state index contributed by atoms with van der Waals surface area (Å²) in [6.45, 7) is 1.80. The molecule has 0 atom stereocenters. The van der Waals surface area contributed by atoms with Gasteiger partial charge in [0.15, 0.2) is 0 Å². The molecule has 1 fully saturated rings. The first-order chi connectivity index (χ1) is 6.84. The number of hydrogen-bond acceptors (Lipinski definition) is 2. The van der Waals surface area contributed by atoms with Crippen LogP contribution in [-0.2, 0) is 0 Å². The normalized spacial score (nSPS) is 18.1. The lowest BCUT2D eigenvalue weighted by Crippen LogP contribution is -2.30. The van der Waals surface area contributed by atoms with Gasteiger partial charge in [0, 0.05) is 25.4 Å². The molecule has 2 heterocycles. The van der Waals surface area contributed by atoms with Gasteiger partial charge >= 0.3 is 0 Å². The van der Waals surface area contributed by atoms with Crippen molar-refractivity contribution in [3.63, 3.8) is 0 Å². The zero-order chi connectivity index (χ0) is 9.80. The topological polar surface area (TPSA) is 36.2 Å². The first kappa shape index (κ1) is 9.74. The van der Waals surface area contributed by atoms with Gasteiger partial charge in [-0.25, -0.2) is 10.3 Å². The second-order valence-electron chi connectivity index (χ2n) is 3.30. The molecule has 0 unspecified atom stereocenters. The Morgan fingerprint density at radius 1 is 1.29 bits per heavy atom. The van der Waals surface area contributed by atoms with E-state index in [1.807, 2.05) is 0 Å². The lowest BCUT2D eigenvalue weighted by Gasteiger charge is -2.22. The molecule has 0 aliphatic carbocycles. The largest absolute Gasteiger partial charge is 0.474 e. The van der Waals surface area contributed by atoms with Gasteiger partial charge in [0.1, 0.15) is 6.10 Å². The lowest BCUT2D eigenvalue weighted by molar-refractivity contribution is 0.155. The molecule has 3 nitrogen and oxygen atoms in total. The van der Waals surface area contributed by atoms with E-state index in [0.29, 0.717) is 10.9 Å². The highest BCUT2D eigenvalue weighted by Crippen LogP contribution is 2.16. The molecule has 75 valence electrons. The van der Waals surface area contributed by atoms with Crippen molar-refractivity contribution in [1.29, 1.82) is 0 Å². The monoisotopic (exact) mass is 211 g/mol. The van der Waals surface area contributed by atoms with Crippen LogP contribution in [0.15, 0.2) is 18.3 Å². The average molecular weight is 212 g/mol. The van der Waals surface area contributed by atoms with Gasteiger partial charge in [-0.05, 0) is 18.9 Å². The second-order valence-corrected chi connectivity index (χ2v) is 3.74. The molecule has 0 bridgehead atoms. The summed E-state index contributed by atoms with van der Waals surface area (Å²) in [4.78, 5) is 4.09. The van der Waals surface area contributed by atoms with Crippen LogP contribution in [-0.4, -0.2) is 24.2 Å². The number of halogens is 1. The van der Waals surface area contributed by atoms with Crippen molar-refractivity contribution in [1.82, 2.24) is 10.3 Å². The fourth-order valence-electron chi connectivity index (χ4n) is 1.45. The third kappa shape index (κ3) is 2.59. The predicted octanol–water partition coefficient (Wildman–Crippen LogP) is 1.88. The van der Waals surface area contributed by atoms with Crippen molar-refractivity contribution in [3.05, 3.63) is 23.4 Å². The zero-order valence-electron chi connectivity index (χ0n) is 7.82. The van der Waals surface area contributed by atoms with E-state index in [9.17, 15) is 0 Å². The SMILES string of the molecule is Clc1ccc(OC2CC[N]CC2)nc1. The maximum absolute atomic E-state index is 5.72. The number of aromatic nitrogens is 1. The molecule has 1 saturated heterocycles. The number of nitrogens with zero attached hydrogens (tertiary/aromatic N) is 2. The minimum atomic E-state index is 0.265. The highest BCUT2D eigenvalue weighted by Gasteiger charge is 2.15. The van der Waals surface area contributed by atoms with E-state index in [2.05, 4.69) is 10.3 Å². The Morgan fingerprint density at radius 2 is 2.07 bits per heavy atom. The standard InChI is InChI=1S/C10H12ClN2O/c11-8-1-2-10(13-7-8)14-9-3-5-12-6-4-9/h1-2,7,9H,3-6H2. The second kappa shape index (κ2) is 4.62. The van der Waals surface area contributed by atoms with Gasteiger partial charge in [-0.1, -0.05) is 11.6 Å². The Morgan fingerprint density at radius 3 is 2.71 bits per heavy atom. The smallest absolute Gasteiger partial charge is 0.213 e. The van der Waals surface area contributed by atoms with E-state index in [-0.39, 0.29) is 6.10 Å². The van der Waals surface area contributed by atoms with Crippen molar-refractivity contribution in [2.24, 2.45) is 0 Å². The van der Waals surface area contributed by atoms with E-state index in [1.165, 1.54) is 0 Å². The highest BCUT2D eigenvalue weighted by molar-refractivity contribution is 6.30. The summed E-state index contributed by atoms with van der Waals surface area (Å²) >= 11 is 5.72. The van der Waals surface area contributed by atoms with E-state index in [4.69, 9.17) is 16.3 Å². The molecule has 0 amide bonds. The van der Waals surface area contributed by atoms with Gasteiger partial charge in [0.25, 0.3) is 0 Å². The van der Waals surface area contributed by atoms with Crippen LogP contribution in [0.4, 0.5) is 0 Å². The molecule has 0 N–H and O–H groups in total. The Hall–Kier alpha value is -0.800. The molecule has 1 radical (unpaired) electrons. The summed E-state index contributed by atoms with van der Waals surface area (Å²) in [6, 6.07) is 3.59. The van der Waals surface area contributed by atoms with Crippen LogP contribution < -0.4 is 10.1 Å². The van der Waals surface area contributed by atoms with Gasteiger partial charge in [0.2, 0.25) is 5.88 Å². The number of pyridine rings is 1. The molecule has 1 aliphatic heterocycles. The van der Waals surface area contributed by atoms with Crippen LogP contribution in [0, 0.1) is 0 Å². The van der Waals surface area contributed by atoms with Crippen molar-refractivity contribution < 1.29 is 4.74 Å². The summed E-state index contributed by atoms with van der Waals surface area (Å²) in [5.41, 5.74) is 0. The molecule has 4 heteroatoms. The molecule has 1 aromatic rings. The molecule has 14 heavy (non-hydrogen) atoms. The van der Waals surface area contributed by atoms with Crippen LogP contribution in [0.2, 0.25) is 5.02 Å². The maximum atomic E-state index is 5.72. The summed E-state index contributed by atoms with van der Waals surface area (Å²) in [5, 5.41) is 4.90. The van der Waals surface area contributed by atoms with Crippen LogP contribution in [0.25, 0.3) is 0 Å². The number of rotatable bonds is 2.